The van der Waals surface area contributed by atoms with E-state index in [4.69, 9.17) is 0 Å². The highest BCUT2D eigenvalue weighted by Gasteiger charge is 2.24. The van der Waals surface area contributed by atoms with Gasteiger partial charge in [-0.15, -0.1) is 0 Å². The van der Waals surface area contributed by atoms with Gasteiger partial charge in [-0.2, -0.15) is 0 Å². The molecule has 1 aromatic carbocycles. The molecule has 0 aliphatic heterocycles. The van der Waals surface area contributed by atoms with E-state index in [1.165, 1.54) is 0 Å². The van der Waals surface area contributed by atoms with Crippen molar-refractivity contribution in [1.82, 2.24) is 4.98 Å². The summed E-state index contributed by atoms with van der Waals surface area (Å²) in [5.74, 6) is 0.158. The number of Topliss-reactive ketones (excluding diaryl/α,β-unsaturated/α-hetero) is 1. The molecule has 0 saturated heterocycles. The van der Waals surface area contributed by atoms with Gasteiger partial charge in [-0.05, 0) is 59.1 Å². The SMILES string of the molecule is CC.CC.O=CC1=C(c2cc3c4c(cncc4c2)CC3=O)CCC1. The van der Waals surface area contributed by atoms with Crippen molar-refractivity contribution in [1.29, 1.82) is 0 Å². The van der Waals surface area contributed by atoms with Crippen molar-refractivity contribution in [2.24, 2.45) is 0 Å². The van der Waals surface area contributed by atoms with E-state index >= 15 is 0 Å². The Labute approximate surface area is 143 Å². The normalized spacial score (nSPS) is 14.9. The van der Waals surface area contributed by atoms with Crippen molar-refractivity contribution in [2.45, 2.75) is 53.4 Å². The molecular weight excluding hydrogens is 298 g/mol. The third-order valence-electron chi connectivity index (χ3n) is 4.34. The minimum absolute atomic E-state index is 0.158. The molecular formula is C21H25NO2. The molecule has 24 heavy (non-hydrogen) atoms. The van der Waals surface area contributed by atoms with Gasteiger partial charge in [0.2, 0.25) is 0 Å². The number of carbonyl (C=O) groups is 2. The summed E-state index contributed by atoms with van der Waals surface area (Å²) >= 11 is 0. The molecule has 1 aromatic heterocycles. The first kappa shape index (κ1) is 18.1. The Morgan fingerprint density at radius 3 is 2.50 bits per heavy atom. The maximum Gasteiger partial charge on any atom is 0.167 e. The van der Waals surface area contributed by atoms with Crippen LogP contribution in [0.15, 0.2) is 30.1 Å². The smallest absolute Gasteiger partial charge is 0.167 e. The summed E-state index contributed by atoms with van der Waals surface area (Å²) in [6.45, 7) is 8.00. The van der Waals surface area contributed by atoms with Gasteiger partial charge < -0.3 is 0 Å². The molecule has 4 rings (SSSR count). The van der Waals surface area contributed by atoms with Gasteiger partial charge >= 0.3 is 0 Å². The molecule has 0 N–H and O–H groups in total. The predicted octanol–water partition coefficient (Wildman–Crippen LogP) is 5.16. The summed E-state index contributed by atoms with van der Waals surface area (Å²) < 4.78 is 0. The van der Waals surface area contributed by atoms with Gasteiger partial charge in [0, 0.05) is 29.8 Å². The number of hydrogen-bond acceptors (Lipinski definition) is 3. The molecule has 2 aliphatic carbocycles. The second kappa shape index (κ2) is 8.00. The van der Waals surface area contributed by atoms with Crippen LogP contribution < -0.4 is 0 Å². The van der Waals surface area contributed by atoms with Crippen LogP contribution in [0.1, 0.15) is 68.4 Å². The van der Waals surface area contributed by atoms with E-state index in [0.717, 1.165) is 64.2 Å². The highest BCUT2D eigenvalue weighted by Crippen LogP contribution is 2.37. The second-order valence-electron chi connectivity index (χ2n) is 5.50. The van der Waals surface area contributed by atoms with E-state index in [0.29, 0.717) is 6.42 Å². The van der Waals surface area contributed by atoms with E-state index in [2.05, 4.69) is 11.1 Å². The molecule has 2 aliphatic rings. The fourth-order valence-corrected chi connectivity index (χ4v) is 3.42. The summed E-state index contributed by atoms with van der Waals surface area (Å²) in [7, 11) is 0. The van der Waals surface area contributed by atoms with Crippen molar-refractivity contribution in [3.63, 3.8) is 0 Å². The van der Waals surface area contributed by atoms with Gasteiger partial charge in [0.25, 0.3) is 0 Å². The van der Waals surface area contributed by atoms with Crippen LogP contribution in [0.4, 0.5) is 0 Å². The zero-order chi connectivity index (χ0) is 17.7. The first-order valence-electron chi connectivity index (χ1n) is 8.89. The average molecular weight is 323 g/mol. The number of aromatic nitrogens is 1. The van der Waals surface area contributed by atoms with Crippen molar-refractivity contribution >= 4 is 28.4 Å². The maximum atomic E-state index is 12.2. The van der Waals surface area contributed by atoms with Gasteiger partial charge in [-0.3, -0.25) is 14.6 Å². The summed E-state index contributed by atoms with van der Waals surface area (Å²) in [5, 5.41) is 2.05. The third kappa shape index (κ3) is 3.03. The Balaban J connectivity index is 0.000000487. The van der Waals surface area contributed by atoms with Crippen LogP contribution in [0.5, 0.6) is 0 Å². The van der Waals surface area contributed by atoms with E-state index < -0.39 is 0 Å². The van der Waals surface area contributed by atoms with Crippen molar-refractivity contribution < 1.29 is 9.59 Å². The Bertz CT molecular complexity index is 803. The van der Waals surface area contributed by atoms with E-state index in [9.17, 15) is 9.59 Å². The summed E-state index contributed by atoms with van der Waals surface area (Å²) in [6, 6.07) is 4.03. The van der Waals surface area contributed by atoms with Crippen LogP contribution in [0.2, 0.25) is 0 Å². The molecule has 1 heterocycles. The van der Waals surface area contributed by atoms with Crippen LogP contribution in [0, 0.1) is 0 Å². The molecule has 126 valence electrons. The molecule has 0 spiro atoms. The Hall–Kier alpha value is -2.29. The number of pyridine rings is 1. The number of hydrogen-bond donors (Lipinski definition) is 0. The largest absolute Gasteiger partial charge is 0.298 e. The number of carbonyl (C=O) groups excluding carboxylic acids is 2. The molecule has 0 bridgehead atoms. The van der Waals surface area contributed by atoms with Crippen LogP contribution in [-0.4, -0.2) is 17.1 Å². The summed E-state index contributed by atoms with van der Waals surface area (Å²) in [5.41, 5.74) is 4.81. The fourth-order valence-electron chi connectivity index (χ4n) is 3.42. The lowest BCUT2D eigenvalue weighted by Crippen LogP contribution is -1.96. The maximum absolute atomic E-state index is 12.2. The minimum atomic E-state index is 0.158. The lowest BCUT2D eigenvalue weighted by Gasteiger charge is -2.08. The molecule has 2 aromatic rings. The lowest BCUT2D eigenvalue weighted by atomic mass is 9.96. The van der Waals surface area contributed by atoms with Gasteiger partial charge in [-0.1, -0.05) is 27.7 Å². The summed E-state index contributed by atoms with van der Waals surface area (Å²) in [4.78, 5) is 27.5. The van der Waals surface area contributed by atoms with E-state index in [1.54, 1.807) is 12.4 Å². The number of nitrogens with zero attached hydrogens (tertiary/aromatic N) is 1. The first-order valence-corrected chi connectivity index (χ1v) is 8.89. The van der Waals surface area contributed by atoms with Crippen molar-refractivity contribution in [2.75, 3.05) is 0 Å². The zero-order valence-electron chi connectivity index (χ0n) is 15.0. The highest BCUT2D eigenvalue weighted by atomic mass is 16.1. The molecule has 0 radical (unpaired) electrons. The van der Waals surface area contributed by atoms with Crippen LogP contribution >= 0.6 is 0 Å². The second-order valence-corrected chi connectivity index (χ2v) is 5.50. The molecule has 0 amide bonds. The number of aldehydes is 1. The van der Waals surface area contributed by atoms with E-state index in [1.807, 2.05) is 33.8 Å². The molecule has 0 atom stereocenters. The number of rotatable bonds is 2. The highest BCUT2D eigenvalue weighted by molar-refractivity contribution is 6.16. The molecule has 0 unspecified atom stereocenters. The Kier molecular flexibility index (Phi) is 6.02. The summed E-state index contributed by atoms with van der Waals surface area (Å²) in [6.07, 6.45) is 7.77. The van der Waals surface area contributed by atoms with Crippen LogP contribution in [-0.2, 0) is 11.2 Å². The first-order chi connectivity index (χ1) is 11.8. The zero-order valence-corrected chi connectivity index (χ0v) is 15.0. The Morgan fingerprint density at radius 1 is 1.04 bits per heavy atom. The van der Waals surface area contributed by atoms with Gasteiger partial charge in [-0.25, -0.2) is 0 Å². The monoisotopic (exact) mass is 323 g/mol. The van der Waals surface area contributed by atoms with E-state index in [-0.39, 0.29) is 5.78 Å². The number of ketones is 1. The quantitative estimate of drug-likeness (QED) is 0.717. The molecule has 3 heteroatoms. The van der Waals surface area contributed by atoms with Gasteiger partial charge in [0.05, 0.1) is 0 Å². The number of benzene rings is 1. The average Bonchev–Trinajstić information content (AvgIpc) is 3.24. The lowest BCUT2D eigenvalue weighted by molar-refractivity contribution is -0.104. The predicted molar refractivity (Wildman–Crippen MR) is 99.3 cm³/mol. The molecule has 0 fully saturated rings. The van der Waals surface area contributed by atoms with Crippen molar-refractivity contribution in [3.05, 3.63) is 46.8 Å². The Morgan fingerprint density at radius 2 is 1.79 bits per heavy atom. The van der Waals surface area contributed by atoms with Gasteiger partial charge in [0.15, 0.2) is 5.78 Å². The topological polar surface area (TPSA) is 47.0 Å². The molecule has 0 saturated carbocycles. The standard InChI is InChI=1S/C17H13NO2.2C2H6/c19-9-10-2-1-3-14(10)11-4-12-7-18-8-13-6-16(20)15(5-11)17(12)13;2*1-2/h4-5,7-9H,1-3,6H2;2*1-2H3. The fraction of sp³-hybridized carbons (Fsp3) is 0.381. The van der Waals surface area contributed by atoms with Crippen LogP contribution in [0.25, 0.3) is 16.3 Å². The molecule has 3 nitrogen and oxygen atoms in total. The van der Waals surface area contributed by atoms with Gasteiger partial charge in [0.1, 0.15) is 6.29 Å². The number of allylic oxidation sites excluding steroid dienone is 2. The minimum Gasteiger partial charge on any atom is -0.298 e. The van der Waals surface area contributed by atoms with Crippen molar-refractivity contribution in [3.8, 4) is 0 Å². The third-order valence-corrected chi connectivity index (χ3v) is 4.34. The van der Waals surface area contributed by atoms with Crippen LogP contribution in [0.3, 0.4) is 0 Å².